The lowest BCUT2D eigenvalue weighted by molar-refractivity contribution is -0.308. The van der Waals surface area contributed by atoms with Gasteiger partial charge in [-0.1, -0.05) is 11.6 Å². The minimum absolute atomic E-state index is 0.0670. The Labute approximate surface area is 140 Å². The Morgan fingerprint density at radius 1 is 1.43 bits per heavy atom. The number of alkyl halides is 3. The van der Waals surface area contributed by atoms with Crippen molar-refractivity contribution in [3.8, 4) is 0 Å². The zero-order valence-electron chi connectivity index (χ0n) is 11.7. The number of hydrogen-bond acceptors (Lipinski definition) is 5. The minimum Gasteiger partial charge on any atom is -0.548 e. The Bertz CT molecular complexity index is 679. The van der Waals surface area contributed by atoms with Crippen molar-refractivity contribution in [2.45, 2.75) is 23.5 Å². The maximum Gasteiger partial charge on any atom is 0.417 e. The van der Waals surface area contributed by atoms with Crippen LogP contribution >= 0.6 is 23.4 Å². The van der Waals surface area contributed by atoms with E-state index < -0.39 is 43.7 Å². The molecule has 0 amide bonds. The van der Waals surface area contributed by atoms with Gasteiger partial charge in [0.2, 0.25) is 10.0 Å². The van der Waals surface area contributed by atoms with Crippen molar-refractivity contribution < 1.29 is 31.5 Å². The number of hydrogen-bond donors (Lipinski definition) is 1. The van der Waals surface area contributed by atoms with Gasteiger partial charge in [0.05, 0.1) is 27.5 Å². The summed E-state index contributed by atoms with van der Waals surface area (Å²) in [5.41, 5.74) is -1.32. The van der Waals surface area contributed by atoms with E-state index in [1.165, 1.54) is 11.8 Å². The Hall–Kier alpha value is -0.970. The highest BCUT2D eigenvalue weighted by Gasteiger charge is 2.34. The molecule has 1 rings (SSSR count). The van der Waals surface area contributed by atoms with Crippen molar-refractivity contribution in [1.82, 2.24) is 4.72 Å². The molecule has 5 nitrogen and oxygen atoms in total. The molecular formula is C12H12ClF3NO4S2-. The van der Waals surface area contributed by atoms with E-state index in [2.05, 4.69) is 0 Å². The largest absolute Gasteiger partial charge is 0.548 e. The average Bonchev–Trinajstić information content (AvgIpc) is 2.42. The maximum absolute atomic E-state index is 12.8. The van der Waals surface area contributed by atoms with Crippen molar-refractivity contribution in [2.24, 2.45) is 0 Å². The molecule has 0 aromatic heterocycles. The first-order valence-corrected chi connectivity index (χ1v) is 9.33. The molecule has 23 heavy (non-hydrogen) atoms. The zero-order valence-corrected chi connectivity index (χ0v) is 14.1. The lowest BCUT2D eigenvalue weighted by Crippen LogP contribution is -2.48. The van der Waals surface area contributed by atoms with Gasteiger partial charge in [-0.25, -0.2) is 13.1 Å². The zero-order chi connectivity index (χ0) is 17.8. The summed E-state index contributed by atoms with van der Waals surface area (Å²) in [6, 6.07) is 0.457. The van der Waals surface area contributed by atoms with E-state index in [0.29, 0.717) is 11.8 Å². The van der Waals surface area contributed by atoms with Gasteiger partial charge in [-0.15, -0.1) is 0 Å². The van der Waals surface area contributed by atoms with Crippen LogP contribution in [0.3, 0.4) is 0 Å². The number of carbonyl (C=O) groups is 1. The molecule has 0 radical (unpaired) electrons. The number of halogens is 4. The molecule has 1 atom stereocenters. The van der Waals surface area contributed by atoms with Gasteiger partial charge >= 0.3 is 6.18 Å². The molecular weight excluding hydrogens is 379 g/mol. The number of carboxylic acids is 1. The molecule has 0 heterocycles. The predicted octanol–water partition coefficient (Wildman–Crippen LogP) is 1.51. The molecule has 11 heteroatoms. The standard InChI is InChI=1S/C12H13ClF3NO4S2/c1-22-5-4-10(11(18)19)17-23(20,21)7-2-3-9(13)8(6-7)12(14,15)16/h2-3,6,10,17H,4-5H2,1H3,(H,18,19)/p-1/t10-/m1/s1. The number of sulfonamides is 1. The SMILES string of the molecule is CSCC[C@@H](NS(=O)(=O)c1ccc(Cl)c(C(F)(F)F)c1)C(=O)[O-]. The summed E-state index contributed by atoms with van der Waals surface area (Å²) < 4.78 is 64.3. The quantitative estimate of drug-likeness (QED) is 0.762. The summed E-state index contributed by atoms with van der Waals surface area (Å²) >= 11 is 6.70. The number of aliphatic carboxylic acids is 1. The normalized spacial score (nSPS) is 13.8. The van der Waals surface area contributed by atoms with Crippen LogP contribution in [0.4, 0.5) is 13.2 Å². The fourth-order valence-corrected chi connectivity index (χ4v) is 3.55. The number of carbonyl (C=O) groups excluding carboxylic acids is 1. The van der Waals surface area contributed by atoms with E-state index in [0.717, 1.165) is 12.1 Å². The number of carboxylic acid groups (broad SMARTS) is 1. The van der Waals surface area contributed by atoms with Gasteiger partial charge in [0.15, 0.2) is 0 Å². The monoisotopic (exact) mass is 390 g/mol. The number of thioether (sulfide) groups is 1. The molecule has 0 saturated heterocycles. The van der Waals surface area contributed by atoms with Gasteiger partial charge in [0, 0.05) is 0 Å². The van der Waals surface area contributed by atoms with Gasteiger partial charge in [0.25, 0.3) is 0 Å². The van der Waals surface area contributed by atoms with E-state index in [1.807, 2.05) is 4.72 Å². The van der Waals surface area contributed by atoms with Crippen LogP contribution in [-0.2, 0) is 21.0 Å². The second kappa shape index (κ2) is 7.73. The third kappa shape index (κ3) is 5.55. The molecule has 0 aliphatic carbocycles. The molecule has 1 N–H and O–H groups in total. The number of rotatable bonds is 7. The molecule has 0 aliphatic heterocycles. The number of nitrogens with one attached hydrogen (secondary N) is 1. The molecule has 0 aliphatic rings. The molecule has 1 aromatic carbocycles. The fraction of sp³-hybridized carbons (Fsp3) is 0.417. The van der Waals surface area contributed by atoms with Crippen LogP contribution in [0.25, 0.3) is 0 Å². The van der Waals surface area contributed by atoms with Crippen LogP contribution in [0.5, 0.6) is 0 Å². The first-order chi connectivity index (χ1) is 10.5. The Morgan fingerprint density at radius 3 is 2.52 bits per heavy atom. The Balaban J connectivity index is 3.15. The molecule has 1 aromatic rings. The third-order valence-corrected chi connectivity index (χ3v) is 5.19. The fourth-order valence-electron chi connectivity index (χ4n) is 1.60. The topological polar surface area (TPSA) is 86.3 Å². The van der Waals surface area contributed by atoms with Crippen LogP contribution in [0.2, 0.25) is 5.02 Å². The van der Waals surface area contributed by atoms with Crippen LogP contribution in [0, 0.1) is 0 Å². The summed E-state index contributed by atoms with van der Waals surface area (Å²) in [7, 11) is -4.47. The number of benzene rings is 1. The first-order valence-electron chi connectivity index (χ1n) is 6.08. The van der Waals surface area contributed by atoms with Crippen molar-refractivity contribution in [3.05, 3.63) is 28.8 Å². The van der Waals surface area contributed by atoms with Gasteiger partial charge in [-0.05, 0) is 36.6 Å². The van der Waals surface area contributed by atoms with Crippen LogP contribution in [0.15, 0.2) is 23.1 Å². The second-order valence-corrected chi connectivity index (χ2v) is 7.52. The first kappa shape index (κ1) is 20.1. The van der Waals surface area contributed by atoms with Gasteiger partial charge in [-0.2, -0.15) is 24.9 Å². The van der Waals surface area contributed by atoms with Crippen molar-refractivity contribution in [1.29, 1.82) is 0 Å². The second-order valence-electron chi connectivity index (χ2n) is 4.41. The van der Waals surface area contributed by atoms with Crippen molar-refractivity contribution in [3.63, 3.8) is 0 Å². The van der Waals surface area contributed by atoms with E-state index in [1.54, 1.807) is 6.26 Å². The summed E-state index contributed by atoms with van der Waals surface area (Å²) in [6.45, 7) is 0. The van der Waals surface area contributed by atoms with Crippen molar-refractivity contribution >= 4 is 39.4 Å². The van der Waals surface area contributed by atoms with Crippen LogP contribution in [0.1, 0.15) is 12.0 Å². The van der Waals surface area contributed by atoms with E-state index >= 15 is 0 Å². The average molecular weight is 391 g/mol. The van der Waals surface area contributed by atoms with Crippen molar-refractivity contribution in [2.75, 3.05) is 12.0 Å². The molecule has 0 unspecified atom stereocenters. The van der Waals surface area contributed by atoms with Crippen LogP contribution < -0.4 is 9.83 Å². The lowest BCUT2D eigenvalue weighted by Gasteiger charge is -2.20. The summed E-state index contributed by atoms with van der Waals surface area (Å²) in [4.78, 5) is 10.2. The molecule has 130 valence electrons. The lowest BCUT2D eigenvalue weighted by atomic mass is 10.2. The molecule has 0 saturated carbocycles. The van der Waals surface area contributed by atoms with Crippen LogP contribution in [-0.4, -0.2) is 32.4 Å². The summed E-state index contributed by atoms with van der Waals surface area (Å²) in [5, 5.41) is 10.3. The minimum atomic E-state index is -4.84. The summed E-state index contributed by atoms with van der Waals surface area (Å²) in [5.74, 6) is -1.33. The molecule has 0 fully saturated rings. The highest BCUT2D eigenvalue weighted by atomic mass is 35.5. The van der Waals surface area contributed by atoms with Gasteiger partial charge in [-0.3, -0.25) is 0 Å². The smallest absolute Gasteiger partial charge is 0.417 e. The van der Waals surface area contributed by atoms with E-state index in [9.17, 15) is 31.5 Å². The Morgan fingerprint density at radius 2 is 2.04 bits per heavy atom. The maximum atomic E-state index is 12.8. The molecule has 0 bridgehead atoms. The van der Waals surface area contributed by atoms with E-state index in [-0.39, 0.29) is 6.42 Å². The Kier molecular flexibility index (Phi) is 6.75. The van der Waals surface area contributed by atoms with Gasteiger partial charge < -0.3 is 9.90 Å². The third-order valence-electron chi connectivity index (χ3n) is 2.75. The van der Waals surface area contributed by atoms with Gasteiger partial charge in [0.1, 0.15) is 0 Å². The highest BCUT2D eigenvalue weighted by Crippen LogP contribution is 2.35. The van der Waals surface area contributed by atoms with E-state index in [4.69, 9.17) is 11.6 Å². The molecule has 0 spiro atoms. The summed E-state index contributed by atoms with van der Waals surface area (Å²) in [6.07, 6.45) is -3.21. The predicted molar refractivity (Wildman–Crippen MR) is 78.6 cm³/mol. The highest BCUT2D eigenvalue weighted by molar-refractivity contribution is 7.98.